The van der Waals surface area contributed by atoms with Gasteiger partial charge in [0.05, 0.1) is 6.61 Å². The van der Waals surface area contributed by atoms with Crippen LogP contribution in [0.1, 0.15) is 52.9 Å². The van der Waals surface area contributed by atoms with Crippen LogP contribution in [0.2, 0.25) is 0 Å². The summed E-state index contributed by atoms with van der Waals surface area (Å²) in [6.07, 6.45) is 6.10. The van der Waals surface area contributed by atoms with Crippen LogP contribution in [-0.4, -0.2) is 25.7 Å². The number of rotatable bonds is 12. The Bertz CT molecular complexity index is 446. The highest BCUT2D eigenvalue weighted by atomic mass is 16.5. The summed E-state index contributed by atoms with van der Waals surface area (Å²) in [6.45, 7) is 7.76. The van der Waals surface area contributed by atoms with Crippen molar-refractivity contribution >= 4 is 5.91 Å². The van der Waals surface area contributed by atoms with E-state index in [-0.39, 0.29) is 12.5 Å². The molecule has 1 amide bonds. The lowest BCUT2D eigenvalue weighted by Gasteiger charge is -2.10. The van der Waals surface area contributed by atoms with Gasteiger partial charge in [-0.3, -0.25) is 4.79 Å². The van der Waals surface area contributed by atoms with Crippen LogP contribution in [0, 0.1) is 5.92 Å². The first-order valence-corrected chi connectivity index (χ1v) is 8.74. The van der Waals surface area contributed by atoms with E-state index in [0.29, 0.717) is 18.2 Å². The molecule has 130 valence electrons. The monoisotopic (exact) mass is 321 g/mol. The lowest BCUT2D eigenvalue weighted by atomic mass is 10.2. The Morgan fingerprint density at radius 1 is 1.09 bits per heavy atom. The van der Waals surface area contributed by atoms with Gasteiger partial charge in [0.15, 0.2) is 6.61 Å². The zero-order chi connectivity index (χ0) is 16.9. The molecule has 0 radical (unpaired) electrons. The van der Waals surface area contributed by atoms with Crippen molar-refractivity contribution in [2.24, 2.45) is 5.92 Å². The largest absolute Gasteiger partial charge is 0.493 e. The lowest BCUT2D eigenvalue weighted by molar-refractivity contribution is -0.123. The van der Waals surface area contributed by atoms with Crippen LogP contribution in [0.25, 0.3) is 0 Å². The molecule has 0 aliphatic rings. The first-order valence-electron chi connectivity index (χ1n) is 8.74. The summed E-state index contributed by atoms with van der Waals surface area (Å²) >= 11 is 0. The van der Waals surface area contributed by atoms with Crippen molar-refractivity contribution in [2.45, 2.75) is 52.9 Å². The summed E-state index contributed by atoms with van der Waals surface area (Å²) in [5, 5.41) is 2.83. The fourth-order valence-electron chi connectivity index (χ4n) is 2.07. The van der Waals surface area contributed by atoms with Gasteiger partial charge >= 0.3 is 0 Å². The molecule has 1 rings (SSSR count). The maximum atomic E-state index is 11.6. The van der Waals surface area contributed by atoms with Gasteiger partial charge in [0.2, 0.25) is 0 Å². The Hall–Kier alpha value is -1.71. The summed E-state index contributed by atoms with van der Waals surface area (Å²) in [5.74, 6) is 1.79. The molecule has 0 aliphatic heterocycles. The van der Waals surface area contributed by atoms with Gasteiger partial charge in [-0.2, -0.15) is 0 Å². The van der Waals surface area contributed by atoms with Crippen molar-refractivity contribution in [3.05, 3.63) is 24.3 Å². The van der Waals surface area contributed by atoms with Gasteiger partial charge < -0.3 is 14.8 Å². The third-order valence-electron chi connectivity index (χ3n) is 3.40. The molecule has 0 saturated heterocycles. The highest BCUT2D eigenvalue weighted by Gasteiger charge is 2.04. The van der Waals surface area contributed by atoms with E-state index in [2.05, 4.69) is 26.1 Å². The number of hydrogen-bond acceptors (Lipinski definition) is 3. The van der Waals surface area contributed by atoms with Crippen LogP contribution >= 0.6 is 0 Å². The summed E-state index contributed by atoms with van der Waals surface area (Å²) in [6, 6.07) is 7.47. The van der Waals surface area contributed by atoms with E-state index in [1.807, 2.05) is 24.3 Å². The SMILES string of the molecule is CCCCCCCOc1cccc(OCC(=O)NCC(C)C)c1. The Balaban J connectivity index is 2.26. The van der Waals surface area contributed by atoms with Gasteiger partial charge in [0, 0.05) is 12.6 Å². The maximum absolute atomic E-state index is 11.6. The van der Waals surface area contributed by atoms with Crippen LogP contribution in [0.5, 0.6) is 11.5 Å². The topological polar surface area (TPSA) is 47.6 Å². The van der Waals surface area contributed by atoms with Crippen LogP contribution < -0.4 is 14.8 Å². The van der Waals surface area contributed by atoms with E-state index in [4.69, 9.17) is 9.47 Å². The molecule has 1 N–H and O–H groups in total. The number of carbonyl (C=O) groups excluding carboxylic acids is 1. The van der Waals surface area contributed by atoms with Crippen molar-refractivity contribution in [3.63, 3.8) is 0 Å². The number of unbranched alkanes of at least 4 members (excludes halogenated alkanes) is 4. The van der Waals surface area contributed by atoms with Crippen LogP contribution in [-0.2, 0) is 4.79 Å². The number of benzene rings is 1. The predicted molar refractivity (Wildman–Crippen MR) is 94.0 cm³/mol. The van der Waals surface area contributed by atoms with E-state index < -0.39 is 0 Å². The van der Waals surface area contributed by atoms with Crippen LogP contribution in [0.3, 0.4) is 0 Å². The van der Waals surface area contributed by atoms with Crippen LogP contribution in [0.15, 0.2) is 24.3 Å². The average Bonchev–Trinajstić information content (AvgIpc) is 2.54. The Labute approximate surface area is 140 Å². The second kappa shape index (κ2) is 11.8. The molecule has 4 nitrogen and oxygen atoms in total. The molecule has 4 heteroatoms. The van der Waals surface area contributed by atoms with Gasteiger partial charge in [0.25, 0.3) is 5.91 Å². The maximum Gasteiger partial charge on any atom is 0.257 e. The van der Waals surface area contributed by atoms with Crippen molar-refractivity contribution < 1.29 is 14.3 Å². The molecule has 0 saturated carbocycles. The fraction of sp³-hybridized carbons (Fsp3) is 0.632. The predicted octanol–water partition coefficient (Wildman–Crippen LogP) is 4.19. The summed E-state index contributed by atoms with van der Waals surface area (Å²) in [5.41, 5.74) is 0. The number of hydrogen-bond donors (Lipinski definition) is 1. The first kappa shape index (κ1) is 19.3. The van der Waals surface area contributed by atoms with Gasteiger partial charge in [-0.25, -0.2) is 0 Å². The minimum Gasteiger partial charge on any atom is -0.493 e. The van der Waals surface area contributed by atoms with Crippen LogP contribution in [0.4, 0.5) is 0 Å². The Morgan fingerprint density at radius 2 is 1.78 bits per heavy atom. The highest BCUT2D eigenvalue weighted by molar-refractivity contribution is 5.77. The van der Waals surface area contributed by atoms with Gasteiger partial charge in [-0.1, -0.05) is 52.5 Å². The number of amides is 1. The van der Waals surface area contributed by atoms with E-state index in [9.17, 15) is 4.79 Å². The van der Waals surface area contributed by atoms with E-state index in [1.54, 1.807) is 0 Å². The molecular formula is C19H31NO3. The quantitative estimate of drug-likeness (QED) is 0.587. The summed E-state index contributed by atoms with van der Waals surface area (Å²) in [7, 11) is 0. The molecule has 1 aromatic carbocycles. The van der Waals surface area contributed by atoms with E-state index in [0.717, 1.165) is 18.8 Å². The molecule has 0 spiro atoms. The Kier molecular flexibility index (Phi) is 9.92. The molecule has 1 aromatic rings. The smallest absolute Gasteiger partial charge is 0.257 e. The molecule has 0 unspecified atom stereocenters. The number of ether oxygens (including phenoxy) is 2. The number of carbonyl (C=O) groups is 1. The van der Waals surface area contributed by atoms with Gasteiger partial charge in [0.1, 0.15) is 11.5 Å². The van der Waals surface area contributed by atoms with Crippen molar-refractivity contribution in [1.82, 2.24) is 5.32 Å². The molecule has 0 aromatic heterocycles. The molecule has 0 heterocycles. The second-order valence-corrected chi connectivity index (χ2v) is 6.22. The van der Waals surface area contributed by atoms with E-state index >= 15 is 0 Å². The molecule has 0 aliphatic carbocycles. The van der Waals surface area contributed by atoms with Crippen molar-refractivity contribution in [1.29, 1.82) is 0 Å². The minimum absolute atomic E-state index is 0.0349. The molecule has 0 bridgehead atoms. The zero-order valence-electron chi connectivity index (χ0n) is 14.8. The zero-order valence-corrected chi connectivity index (χ0v) is 14.8. The highest BCUT2D eigenvalue weighted by Crippen LogP contribution is 2.19. The molecule has 23 heavy (non-hydrogen) atoms. The number of nitrogens with one attached hydrogen (secondary N) is 1. The fourth-order valence-corrected chi connectivity index (χ4v) is 2.07. The third kappa shape index (κ3) is 9.82. The third-order valence-corrected chi connectivity index (χ3v) is 3.40. The molecule has 0 atom stereocenters. The summed E-state index contributed by atoms with van der Waals surface area (Å²) < 4.78 is 11.2. The van der Waals surface area contributed by atoms with E-state index in [1.165, 1.54) is 25.7 Å². The lowest BCUT2D eigenvalue weighted by Crippen LogP contribution is -2.31. The van der Waals surface area contributed by atoms with Gasteiger partial charge in [-0.05, 0) is 24.5 Å². The standard InChI is InChI=1S/C19H31NO3/c1-4-5-6-7-8-12-22-17-10-9-11-18(13-17)23-15-19(21)20-14-16(2)3/h9-11,13,16H,4-8,12,14-15H2,1-3H3,(H,20,21). The molecular weight excluding hydrogens is 290 g/mol. The first-order chi connectivity index (χ1) is 11.1. The van der Waals surface area contributed by atoms with Crippen molar-refractivity contribution in [2.75, 3.05) is 19.8 Å². The van der Waals surface area contributed by atoms with Crippen molar-refractivity contribution in [3.8, 4) is 11.5 Å². The second-order valence-electron chi connectivity index (χ2n) is 6.22. The Morgan fingerprint density at radius 3 is 2.48 bits per heavy atom. The average molecular weight is 321 g/mol. The minimum atomic E-state index is -0.0963. The molecule has 0 fully saturated rings. The normalized spacial score (nSPS) is 10.6. The van der Waals surface area contributed by atoms with Gasteiger partial charge in [-0.15, -0.1) is 0 Å². The summed E-state index contributed by atoms with van der Waals surface area (Å²) in [4.78, 5) is 11.6.